The maximum atomic E-state index is 14.6. The third kappa shape index (κ3) is 4.63. The molecule has 37 heavy (non-hydrogen) atoms. The Labute approximate surface area is 221 Å². The number of amides is 1. The molecule has 8 heteroatoms. The largest absolute Gasteiger partial charge is 0.495 e. The number of ether oxygens (including phenoxy) is 3. The van der Waals surface area contributed by atoms with Crippen molar-refractivity contribution >= 4 is 32.6 Å². The second-order valence-electron chi connectivity index (χ2n) is 8.77. The predicted molar refractivity (Wildman–Crippen MR) is 148 cm³/mol. The van der Waals surface area contributed by atoms with Gasteiger partial charge in [-0.2, -0.15) is 0 Å². The van der Waals surface area contributed by atoms with Crippen molar-refractivity contribution in [2.75, 3.05) is 45.3 Å². The highest BCUT2D eigenvalue weighted by Crippen LogP contribution is 2.46. The van der Waals surface area contributed by atoms with Gasteiger partial charge in [-0.3, -0.25) is 9.69 Å². The molecule has 0 fully saturated rings. The van der Waals surface area contributed by atoms with E-state index in [2.05, 4.69) is 18.7 Å². The van der Waals surface area contributed by atoms with Crippen molar-refractivity contribution in [1.82, 2.24) is 9.88 Å². The van der Waals surface area contributed by atoms with Crippen LogP contribution < -0.4 is 19.1 Å². The van der Waals surface area contributed by atoms with Crippen molar-refractivity contribution in [3.05, 3.63) is 71.8 Å². The minimum absolute atomic E-state index is 0.0349. The van der Waals surface area contributed by atoms with Crippen LogP contribution in [-0.2, 0) is 4.79 Å². The Morgan fingerprint density at radius 2 is 1.49 bits per heavy atom. The van der Waals surface area contributed by atoms with Gasteiger partial charge in [0, 0.05) is 24.2 Å². The maximum Gasteiger partial charge on any atom is 0.241 e. The smallest absolute Gasteiger partial charge is 0.241 e. The van der Waals surface area contributed by atoms with Crippen LogP contribution in [0.3, 0.4) is 0 Å². The molecule has 1 aliphatic rings. The lowest BCUT2D eigenvalue weighted by Gasteiger charge is -2.32. The topological polar surface area (TPSA) is 64.1 Å². The summed E-state index contributed by atoms with van der Waals surface area (Å²) in [4.78, 5) is 23.6. The van der Waals surface area contributed by atoms with Gasteiger partial charge in [0.2, 0.25) is 5.91 Å². The Morgan fingerprint density at radius 1 is 0.892 bits per heavy atom. The minimum atomic E-state index is -0.506. The van der Waals surface area contributed by atoms with Gasteiger partial charge in [-0.05, 0) is 37.4 Å². The summed E-state index contributed by atoms with van der Waals surface area (Å²) < 4.78 is 18.2. The van der Waals surface area contributed by atoms with Gasteiger partial charge in [0.15, 0.2) is 5.13 Å². The first-order valence-corrected chi connectivity index (χ1v) is 13.3. The van der Waals surface area contributed by atoms with Crippen molar-refractivity contribution in [3.8, 4) is 23.0 Å². The number of nitrogens with zero attached hydrogens (tertiary/aromatic N) is 3. The Hall–Kier alpha value is -3.62. The van der Waals surface area contributed by atoms with Gasteiger partial charge < -0.3 is 19.1 Å². The van der Waals surface area contributed by atoms with E-state index in [1.807, 2.05) is 65.6 Å². The molecule has 0 aliphatic carbocycles. The quantitative estimate of drug-likeness (QED) is 0.274. The fraction of sp³-hybridized carbons (Fsp3) is 0.310. The number of rotatable bonds is 9. The molecule has 0 saturated heterocycles. The number of para-hydroxylation sites is 2. The number of benzene rings is 3. The van der Waals surface area contributed by atoms with Crippen molar-refractivity contribution in [2.24, 2.45) is 0 Å². The third-order valence-electron chi connectivity index (χ3n) is 6.86. The molecule has 0 N–H and O–H groups in total. The molecule has 1 amide bonds. The summed E-state index contributed by atoms with van der Waals surface area (Å²) in [5.74, 6) is 2.22. The summed E-state index contributed by atoms with van der Waals surface area (Å²) in [6, 6.07) is 19.2. The molecule has 0 unspecified atom stereocenters. The molecule has 4 aromatic rings. The predicted octanol–water partition coefficient (Wildman–Crippen LogP) is 5.93. The van der Waals surface area contributed by atoms with Crippen LogP contribution in [0.15, 0.2) is 60.7 Å². The molecule has 1 aliphatic heterocycles. The number of carbonyl (C=O) groups excluding carboxylic acids is 1. The standard InChI is InChI=1S/C29H31N3O4S/c1-5-31(6-2)17-18-32(29-30-26-23(34-3)15-16-24(35-4)27(26)37-29)28(33)25-19-11-7-9-13-21(19)36-22-14-10-8-12-20(22)25/h7-16,25H,5-6,17-18H2,1-4H3. The van der Waals surface area contributed by atoms with Gasteiger partial charge in [0.1, 0.15) is 33.2 Å². The van der Waals surface area contributed by atoms with E-state index in [1.165, 1.54) is 11.3 Å². The summed E-state index contributed by atoms with van der Waals surface area (Å²) in [6.07, 6.45) is 0. The van der Waals surface area contributed by atoms with Crippen molar-refractivity contribution in [1.29, 1.82) is 0 Å². The van der Waals surface area contributed by atoms with Gasteiger partial charge in [0.25, 0.3) is 0 Å². The molecule has 7 nitrogen and oxygen atoms in total. The SMILES string of the molecule is CCN(CC)CCN(C(=O)C1c2ccccc2Oc2ccccc21)c1nc2c(OC)ccc(OC)c2s1. The van der Waals surface area contributed by atoms with E-state index in [9.17, 15) is 4.79 Å². The average Bonchev–Trinajstić information content (AvgIpc) is 3.38. The highest BCUT2D eigenvalue weighted by Gasteiger charge is 2.37. The fourth-order valence-electron chi connectivity index (χ4n) is 4.80. The van der Waals surface area contributed by atoms with E-state index in [0.29, 0.717) is 40.2 Å². The monoisotopic (exact) mass is 517 g/mol. The zero-order valence-electron chi connectivity index (χ0n) is 21.6. The Bertz CT molecular complexity index is 1330. The van der Waals surface area contributed by atoms with Crippen LogP contribution in [0.25, 0.3) is 10.2 Å². The highest BCUT2D eigenvalue weighted by atomic mass is 32.1. The lowest BCUT2D eigenvalue weighted by Crippen LogP contribution is -2.42. The number of aromatic nitrogens is 1. The zero-order valence-corrected chi connectivity index (χ0v) is 22.4. The number of hydrogen-bond acceptors (Lipinski definition) is 7. The van der Waals surface area contributed by atoms with Crippen LogP contribution in [0.4, 0.5) is 5.13 Å². The van der Waals surface area contributed by atoms with Crippen LogP contribution in [0, 0.1) is 0 Å². The zero-order chi connectivity index (χ0) is 25.9. The maximum absolute atomic E-state index is 14.6. The average molecular weight is 518 g/mol. The first kappa shape index (κ1) is 25.0. The first-order valence-electron chi connectivity index (χ1n) is 12.5. The molecule has 1 aromatic heterocycles. The Morgan fingerprint density at radius 3 is 2.08 bits per heavy atom. The van der Waals surface area contributed by atoms with E-state index < -0.39 is 5.92 Å². The summed E-state index contributed by atoms with van der Waals surface area (Å²) >= 11 is 1.45. The van der Waals surface area contributed by atoms with Crippen molar-refractivity contribution in [3.63, 3.8) is 0 Å². The van der Waals surface area contributed by atoms with Crippen molar-refractivity contribution in [2.45, 2.75) is 19.8 Å². The van der Waals surface area contributed by atoms with E-state index in [-0.39, 0.29) is 5.91 Å². The van der Waals surface area contributed by atoms with E-state index >= 15 is 0 Å². The molecule has 0 spiro atoms. The molecule has 5 rings (SSSR count). The summed E-state index contributed by atoms with van der Waals surface area (Å²) in [5, 5.41) is 0.622. The van der Waals surface area contributed by atoms with Gasteiger partial charge >= 0.3 is 0 Å². The fourth-order valence-corrected chi connectivity index (χ4v) is 5.91. The van der Waals surface area contributed by atoms with Crippen LogP contribution in [0.1, 0.15) is 30.9 Å². The highest BCUT2D eigenvalue weighted by molar-refractivity contribution is 7.22. The molecular formula is C29H31N3O4S. The number of hydrogen-bond donors (Lipinski definition) is 0. The van der Waals surface area contributed by atoms with Crippen LogP contribution >= 0.6 is 11.3 Å². The molecule has 3 aromatic carbocycles. The van der Waals surface area contributed by atoms with E-state index in [1.54, 1.807) is 14.2 Å². The lowest BCUT2D eigenvalue weighted by molar-refractivity contribution is -0.119. The second kappa shape index (κ2) is 10.8. The number of thiazole rings is 1. The number of methoxy groups -OCH3 is 2. The molecular weight excluding hydrogens is 486 g/mol. The molecule has 192 valence electrons. The molecule has 0 bridgehead atoms. The number of carbonyl (C=O) groups is 1. The first-order chi connectivity index (χ1) is 18.1. The molecule has 0 radical (unpaired) electrons. The summed E-state index contributed by atoms with van der Waals surface area (Å²) in [6.45, 7) is 7.32. The van der Waals surface area contributed by atoms with E-state index in [0.717, 1.165) is 35.5 Å². The lowest BCUT2D eigenvalue weighted by atomic mass is 9.87. The minimum Gasteiger partial charge on any atom is -0.495 e. The van der Waals surface area contributed by atoms with Gasteiger partial charge in [-0.15, -0.1) is 0 Å². The van der Waals surface area contributed by atoms with Gasteiger partial charge in [0.05, 0.1) is 20.1 Å². The van der Waals surface area contributed by atoms with Crippen molar-refractivity contribution < 1.29 is 19.0 Å². The van der Waals surface area contributed by atoms with Crippen LogP contribution in [0.2, 0.25) is 0 Å². The van der Waals surface area contributed by atoms with Gasteiger partial charge in [-0.1, -0.05) is 61.6 Å². The van der Waals surface area contributed by atoms with Gasteiger partial charge in [-0.25, -0.2) is 4.98 Å². The normalized spacial score (nSPS) is 12.7. The summed E-state index contributed by atoms with van der Waals surface area (Å²) in [5.41, 5.74) is 2.40. The second-order valence-corrected chi connectivity index (χ2v) is 9.75. The summed E-state index contributed by atoms with van der Waals surface area (Å²) in [7, 11) is 3.26. The number of likely N-dealkylation sites (N-methyl/N-ethyl adjacent to an activating group) is 1. The van der Waals surface area contributed by atoms with Crippen LogP contribution in [-0.4, -0.2) is 56.2 Å². The Balaban J connectivity index is 1.63. The number of fused-ring (bicyclic) bond motifs is 3. The number of anilines is 1. The van der Waals surface area contributed by atoms with E-state index in [4.69, 9.17) is 19.2 Å². The molecule has 0 saturated carbocycles. The van der Waals surface area contributed by atoms with Crippen LogP contribution in [0.5, 0.6) is 23.0 Å². The Kier molecular flexibility index (Phi) is 7.30. The third-order valence-corrected chi connectivity index (χ3v) is 7.95. The molecule has 0 atom stereocenters. The molecule has 2 heterocycles.